The Morgan fingerprint density at radius 2 is 2.06 bits per heavy atom. The second-order valence-electron chi connectivity index (χ2n) is 9.57. The van der Waals surface area contributed by atoms with E-state index in [0.717, 1.165) is 30.5 Å². The molecule has 0 radical (unpaired) electrons. The van der Waals surface area contributed by atoms with E-state index in [0.29, 0.717) is 35.5 Å². The number of rotatable bonds is 8. The van der Waals surface area contributed by atoms with Gasteiger partial charge in [-0.3, -0.25) is 9.78 Å². The molecule has 1 aromatic carbocycles. The van der Waals surface area contributed by atoms with Gasteiger partial charge in [0.15, 0.2) is 0 Å². The summed E-state index contributed by atoms with van der Waals surface area (Å²) in [4.78, 5) is 17.1. The van der Waals surface area contributed by atoms with Crippen molar-refractivity contribution in [2.24, 2.45) is 5.92 Å². The number of nitrogens with zero attached hydrogens (tertiary/aromatic N) is 5. The molecule has 9 nitrogen and oxygen atoms in total. The van der Waals surface area contributed by atoms with E-state index in [1.54, 1.807) is 10.9 Å². The number of amides is 1. The van der Waals surface area contributed by atoms with Crippen LogP contribution in [-0.2, 0) is 11.2 Å². The number of fused-ring (bicyclic) bond motifs is 2. The molecule has 2 aliphatic rings. The number of nitriles is 1. The number of carbonyl (C=O) groups excluding carboxylic acids is 1. The number of piperidine rings is 1. The van der Waals surface area contributed by atoms with Gasteiger partial charge < -0.3 is 15.4 Å². The molecule has 1 saturated carbocycles. The van der Waals surface area contributed by atoms with E-state index in [4.69, 9.17) is 4.74 Å². The first-order chi connectivity index (χ1) is 17.0. The monoisotopic (exact) mass is 471 g/mol. The average Bonchev–Trinajstić information content (AvgIpc) is 3.62. The predicted molar refractivity (Wildman–Crippen MR) is 130 cm³/mol. The van der Waals surface area contributed by atoms with Gasteiger partial charge in [0.1, 0.15) is 17.5 Å². The number of pyridine rings is 1. The average molecular weight is 472 g/mol. The van der Waals surface area contributed by atoms with Crippen LogP contribution in [-0.4, -0.2) is 50.1 Å². The first-order valence-corrected chi connectivity index (χ1v) is 12.1. The lowest BCUT2D eigenvalue weighted by molar-refractivity contribution is -0.124. The Hall–Kier alpha value is -3.77. The Morgan fingerprint density at radius 3 is 2.69 bits per heavy atom. The van der Waals surface area contributed by atoms with Crippen molar-refractivity contribution in [1.29, 1.82) is 5.26 Å². The molecular formula is C26H29N7O2. The van der Waals surface area contributed by atoms with Crippen LogP contribution in [0.1, 0.15) is 38.7 Å². The van der Waals surface area contributed by atoms with Crippen LogP contribution < -0.4 is 15.4 Å². The van der Waals surface area contributed by atoms with Crippen LogP contribution in [0.15, 0.2) is 48.8 Å². The number of hydrogen-bond acceptors (Lipinski definition) is 7. The van der Waals surface area contributed by atoms with E-state index in [2.05, 4.69) is 32.0 Å². The molecule has 1 saturated heterocycles. The molecule has 4 atom stereocenters. The minimum atomic E-state index is -0.569. The number of benzene rings is 1. The Labute approximate surface area is 204 Å². The highest BCUT2D eigenvalue weighted by Gasteiger charge is 2.43. The van der Waals surface area contributed by atoms with Gasteiger partial charge >= 0.3 is 0 Å². The fourth-order valence-corrected chi connectivity index (χ4v) is 4.94. The van der Waals surface area contributed by atoms with Gasteiger partial charge in [-0.25, -0.2) is 4.68 Å². The topological polar surface area (TPSA) is 118 Å². The molecule has 180 valence electrons. The molecular weight excluding hydrogens is 442 g/mol. The van der Waals surface area contributed by atoms with Crippen LogP contribution in [0.5, 0.6) is 5.75 Å². The number of hydrogen-bond donors (Lipinski definition) is 2. The zero-order valence-electron chi connectivity index (χ0n) is 19.9. The smallest absolute Gasteiger partial charge is 0.238 e. The van der Waals surface area contributed by atoms with Crippen molar-refractivity contribution < 1.29 is 9.53 Å². The predicted octanol–water partition coefficient (Wildman–Crippen LogP) is 2.81. The van der Waals surface area contributed by atoms with Gasteiger partial charge in [-0.1, -0.05) is 17.3 Å². The van der Waals surface area contributed by atoms with Crippen molar-refractivity contribution in [3.8, 4) is 28.9 Å². The molecule has 1 aliphatic carbocycles. The molecule has 0 spiro atoms. The summed E-state index contributed by atoms with van der Waals surface area (Å²) in [7, 11) is 0. The first kappa shape index (κ1) is 23.0. The molecule has 2 aromatic heterocycles. The second-order valence-corrected chi connectivity index (χ2v) is 9.57. The van der Waals surface area contributed by atoms with Crippen LogP contribution in [0, 0.1) is 17.2 Å². The standard InChI is InChI=1S/C26H29N7O2/c1-16(2)35-22-9-10-23(28-14-22)24-15-33(32-31-24)21-7-3-17(4-8-21)11-20(13-27)30-26(34)25-18-5-6-19(12-18)29-25/h3-4,7-10,14-16,18-20,25,29H,5-6,11-12H2,1-2H3,(H,30,34)/t18?,19?,20-,25?/m0/s1. The maximum absolute atomic E-state index is 12.7. The zero-order valence-corrected chi connectivity index (χ0v) is 19.9. The molecule has 2 fully saturated rings. The van der Waals surface area contributed by atoms with Crippen LogP contribution in [0.2, 0.25) is 0 Å². The molecule has 35 heavy (non-hydrogen) atoms. The Kier molecular flexibility index (Phi) is 6.47. The van der Waals surface area contributed by atoms with E-state index in [1.807, 2.05) is 56.4 Å². The van der Waals surface area contributed by atoms with Crippen LogP contribution in [0.25, 0.3) is 17.1 Å². The quantitative estimate of drug-likeness (QED) is 0.519. The van der Waals surface area contributed by atoms with Crippen LogP contribution in [0.3, 0.4) is 0 Å². The third-order valence-corrected chi connectivity index (χ3v) is 6.62. The second kappa shape index (κ2) is 9.84. The summed E-state index contributed by atoms with van der Waals surface area (Å²) in [5.41, 5.74) is 3.17. The summed E-state index contributed by atoms with van der Waals surface area (Å²) in [6.45, 7) is 3.94. The molecule has 1 amide bonds. The summed E-state index contributed by atoms with van der Waals surface area (Å²) in [6, 6.07) is 13.4. The van der Waals surface area contributed by atoms with Crippen LogP contribution in [0.4, 0.5) is 0 Å². The number of carbonyl (C=O) groups is 1. The van der Waals surface area contributed by atoms with Crippen molar-refractivity contribution in [1.82, 2.24) is 30.6 Å². The molecule has 3 aromatic rings. The fraction of sp³-hybridized carbons (Fsp3) is 0.423. The summed E-state index contributed by atoms with van der Waals surface area (Å²) >= 11 is 0. The molecule has 2 N–H and O–H groups in total. The van der Waals surface area contributed by atoms with Gasteiger partial charge in [0.2, 0.25) is 5.91 Å². The van der Waals surface area contributed by atoms with Crippen molar-refractivity contribution >= 4 is 5.91 Å². The molecule has 3 heterocycles. The van der Waals surface area contributed by atoms with Gasteiger partial charge in [-0.15, -0.1) is 5.10 Å². The summed E-state index contributed by atoms with van der Waals surface area (Å²) in [6.07, 6.45) is 7.33. The minimum Gasteiger partial charge on any atom is -0.489 e. The van der Waals surface area contributed by atoms with Gasteiger partial charge in [0.05, 0.1) is 42.0 Å². The Bertz CT molecular complexity index is 1210. The highest BCUT2D eigenvalue weighted by molar-refractivity contribution is 5.83. The van der Waals surface area contributed by atoms with Crippen LogP contribution >= 0.6 is 0 Å². The minimum absolute atomic E-state index is 0.0621. The lowest BCUT2D eigenvalue weighted by Crippen LogP contribution is -2.50. The zero-order chi connectivity index (χ0) is 24.4. The third kappa shape index (κ3) is 5.17. The lowest BCUT2D eigenvalue weighted by atomic mass is 9.98. The van der Waals surface area contributed by atoms with Gasteiger partial charge in [-0.05, 0) is 68.9 Å². The third-order valence-electron chi connectivity index (χ3n) is 6.62. The number of aromatic nitrogens is 4. The maximum Gasteiger partial charge on any atom is 0.238 e. The highest BCUT2D eigenvalue weighted by atomic mass is 16.5. The normalized spacial score (nSPS) is 21.6. The van der Waals surface area contributed by atoms with Gasteiger partial charge in [0.25, 0.3) is 0 Å². The van der Waals surface area contributed by atoms with E-state index < -0.39 is 6.04 Å². The SMILES string of the molecule is CC(C)Oc1ccc(-c2cn(-c3ccc(C[C@@H](C#N)NC(=O)C4NC5CCC4C5)cc3)nn2)nc1. The number of nitrogens with one attached hydrogen (secondary N) is 2. The fourth-order valence-electron chi connectivity index (χ4n) is 4.94. The molecule has 9 heteroatoms. The van der Waals surface area contributed by atoms with E-state index in [9.17, 15) is 10.1 Å². The Morgan fingerprint density at radius 1 is 1.23 bits per heavy atom. The molecule has 3 unspecified atom stereocenters. The van der Waals surface area contributed by atoms with Crippen molar-refractivity contribution in [2.75, 3.05) is 0 Å². The van der Waals surface area contributed by atoms with Crippen molar-refractivity contribution in [3.63, 3.8) is 0 Å². The molecule has 5 rings (SSSR count). The molecule has 2 bridgehead atoms. The first-order valence-electron chi connectivity index (χ1n) is 12.1. The highest BCUT2D eigenvalue weighted by Crippen LogP contribution is 2.35. The Balaban J connectivity index is 1.20. The summed E-state index contributed by atoms with van der Waals surface area (Å²) in [5.74, 6) is 1.05. The maximum atomic E-state index is 12.7. The van der Waals surface area contributed by atoms with E-state index in [-0.39, 0.29) is 18.1 Å². The van der Waals surface area contributed by atoms with Gasteiger partial charge in [-0.2, -0.15) is 5.26 Å². The van der Waals surface area contributed by atoms with E-state index in [1.165, 1.54) is 0 Å². The van der Waals surface area contributed by atoms with E-state index >= 15 is 0 Å². The van der Waals surface area contributed by atoms with Gasteiger partial charge in [0, 0.05) is 12.5 Å². The summed E-state index contributed by atoms with van der Waals surface area (Å²) < 4.78 is 7.32. The lowest BCUT2D eigenvalue weighted by Gasteiger charge is -2.23. The largest absolute Gasteiger partial charge is 0.489 e. The number of ether oxygens (including phenoxy) is 1. The molecule has 1 aliphatic heterocycles. The van der Waals surface area contributed by atoms with Crippen molar-refractivity contribution in [3.05, 3.63) is 54.4 Å². The summed E-state index contributed by atoms with van der Waals surface area (Å²) in [5, 5.41) is 24.4. The van der Waals surface area contributed by atoms with Crippen molar-refractivity contribution in [2.45, 2.75) is 63.8 Å².